The monoisotopic (exact) mass is 324 g/mol. The normalized spacial score (nSPS) is 10.7. The van der Waals surface area contributed by atoms with Crippen molar-refractivity contribution in [3.05, 3.63) is 66.1 Å². The highest BCUT2D eigenvalue weighted by Gasteiger charge is 2.13. The van der Waals surface area contributed by atoms with Crippen molar-refractivity contribution in [2.45, 2.75) is 11.3 Å². The van der Waals surface area contributed by atoms with Gasteiger partial charge in [-0.25, -0.2) is 9.78 Å². The summed E-state index contributed by atoms with van der Waals surface area (Å²) in [6.07, 6.45) is 5.94. The van der Waals surface area contributed by atoms with Gasteiger partial charge in [-0.3, -0.25) is 4.98 Å². The fourth-order valence-electron chi connectivity index (χ4n) is 2.42. The third-order valence-electron chi connectivity index (χ3n) is 3.52. The number of hydrogen-bond acceptors (Lipinski definition) is 5. The van der Waals surface area contributed by atoms with E-state index in [9.17, 15) is 4.79 Å². The predicted molar refractivity (Wildman–Crippen MR) is 91.7 cm³/mol. The maximum atomic E-state index is 12.2. The number of fused-ring (bicyclic) bond motifs is 1. The standard InChI is InChI=1S/C18H16N2O2S/c1-23-16-8-4-11-20-17(16)18(21)22-12-9-13-5-2-7-15-14(13)6-3-10-19-15/h2-8,10-11H,9,12H2,1H3. The van der Waals surface area contributed by atoms with E-state index in [2.05, 4.69) is 9.97 Å². The van der Waals surface area contributed by atoms with Gasteiger partial charge in [0, 0.05) is 29.1 Å². The molecule has 0 spiro atoms. The molecule has 3 rings (SSSR count). The maximum absolute atomic E-state index is 12.2. The Morgan fingerprint density at radius 3 is 2.78 bits per heavy atom. The van der Waals surface area contributed by atoms with E-state index in [1.54, 1.807) is 12.4 Å². The first kappa shape index (κ1) is 15.5. The van der Waals surface area contributed by atoms with Crippen LogP contribution in [0.2, 0.25) is 0 Å². The number of thioether (sulfide) groups is 1. The highest BCUT2D eigenvalue weighted by Crippen LogP contribution is 2.19. The molecule has 0 amide bonds. The van der Waals surface area contributed by atoms with Crippen LogP contribution in [0.1, 0.15) is 16.1 Å². The topological polar surface area (TPSA) is 52.1 Å². The first-order valence-corrected chi connectivity index (χ1v) is 8.51. The number of nitrogens with zero attached hydrogens (tertiary/aromatic N) is 2. The number of benzene rings is 1. The molecule has 2 aromatic heterocycles. The van der Waals surface area contributed by atoms with Crippen LogP contribution in [0.25, 0.3) is 10.9 Å². The van der Waals surface area contributed by atoms with Gasteiger partial charge in [-0.15, -0.1) is 11.8 Å². The SMILES string of the molecule is CSc1cccnc1C(=O)OCCc1cccc2ncccc12. The number of esters is 1. The van der Waals surface area contributed by atoms with Crippen LogP contribution in [-0.4, -0.2) is 28.8 Å². The Morgan fingerprint density at radius 2 is 1.91 bits per heavy atom. The number of carbonyl (C=O) groups excluding carboxylic acids is 1. The first-order chi connectivity index (χ1) is 11.3. The van der Waals surface area contributed by atoms with E-state index in [4.69, 9.17) is 4.74 Å². The zero-order valence-corrected chi connectivity index (χ0v) is 13.5. The van der Waals surface area contributed by atoms with E-state index in [1.165, 1.54) is 11.8 Å². The summed E-state index contributed by atoms with van der Waals surface area (Å²) in [4.78, 5) is 21.4. The van der Waals surface area contributed by atoms with Gasteiger partial charge >= 0.3 is 5.97 Å². The van der Waals surface area contributed by atoms with Gasteiger partial charge in [-0.2, -0.15) is 0 Å². The van der Waals surface area contributed by atoms with E-state index in [0.29, 0.717) is 18.7 Å². The molecule has 0 N–H and O–H groups in total. The van der Waals surface area contributed by atoms with Crippen LogP contribution in [-0.2, 0) is 11.2 Å². The average molecular weight is 324 g/mol. The van der Waals surface area contributed by atoms with E-state index in [-0.39, 0.29) is 5.97 Å². The van der Waals surface area contributed by atoms with Crippen molar-refractivity contribution in [3.8, 4) is 0 Å². The Hall–Kier alpha value is -2.40. The third kappa shape index (κ3) is 3.51. The second-order valence-electron chi connectivity index (χ2n) is 4.93. The Kier molecular flexibility index (Phi) is 4.88. The highest BCUT2D eigenvalue weighted by molar-refractivity contribution is 7.98. The quantitative estimate of drug-likeness (QED) is 0.528. The summed E-state index contributed by atoms with van der Waals surface area (Å²) >= 11 is 1.48. The van der Waals surface area contributed by atoms with Crippen LogP contribution in [0.4, 0.5) is 0 Å². The second-order valence-corrected chi connectivity index (χ2v) is 5.78. The molecule has 4 nitrogen and oxygen atoms in total. The van der Waals surface area contributed by atoms with Gasteiger partial charge < -0.3 is 4.74 Å². The lowest BCUT2D eigenvalue weighted by Gasteiger charge is -2.08. The molecule has 0 bridgehead atoms. The number of ether oxygens (including phenoxy) is 1. The fraction of sp³-hybridized carbons (Fsp3) is 0.167. The Labute approximate surface area is 138 Å². The number of pyridine rings is 2. The first-order valence-electron chi connectivity index (χ1n) is 7.28. The van der Waals surface area contributed by atoms with Gasteiger partial charge in [0.05, 0.1) is 12.1 Å². The van der Waals surface area contributed by atoms with Crippen LogP contribution < -0.4 is 0 Å². The molecular weight excluding hydrogens is 308 g/mol. The van der Waals surface area contributed by atoms with E-state index < -0.39 is 0 Å². The summed E-state index contributed by atoms with van der Waals surface area (Å²) < 4.78 is 5.39. The summed E-state index contributed by atoms with van der Waals surface area (Å²) in [5.74, 6) is -0.381. The maximum Gasteiger partial charge on any atom is 0.358 e. The molecule has 0 aliphatic carbocycles. The van der Waals surface area contributed by atoms with E-state index in [1.807, 2.05) is 48.7 Å². The summed E-state index contributed by atoms with van der Waals surface area (Å²) in [6, 6.07) is 13.6. The number of aromatic nitrogens is 2. The minimum atomic E-state index is -0.381. The van der Waals surface area contributed by atoms with Gasteiger partial charge in [0.15, 0.2) is 5.69 Å². The molecule has 0 unspecified atom stereocenters. The van der Waals surface area contributed by atoms with Crippen molar-refractivity contribution >= 4 is 28.6 Å². The molecule has 0 atom stereocenters. The van der Waals surface area contributed by atoms with E-state index >= 15 is 0 Å². The minimum absolute atomic E-state index is 0.317. The molecule has 23 heavy (non-hydrogen) atoms. The molecular formula is C18H16N2O2S. The Morgan fingerprint density at radius 1 is 1.09 bits per heavy atom. The minimum Gasteiger partial charge on any atom is -0.461 e. The largest absolute Gasteiger partial charge is 0.461 e. The second kappa shape index (κ2) is 7.24. The number of rotatable bonds is 5. The third-order valence-corrected chi connectivity index (χ3v) is 4.29. The molecule has 5 heteroatoms. The van der Waals surface area contributed by atoms with Gasteiger partial charge in [0.1, 0.15) is 0 Å². The average Bonchev–Trinajstić information content (AvgIpc) is 2.61. The molecule has 0 fully saturated rings. The van der Waals surface area contributed by atoms with Gasteiger partial charge in [-0.1, -0.05) is 18.2 Å². The summed E-state index contributed by atoms with van der Waals surface area (Å²) in [6.45, 7) is 0.317. The zero-order valence-electron chi connectivity index (χ0n) is 12.7. The fourth-order valence-corrected chi connectivity index (χ4v) is 2.96. The molecule has 0 saturated carbocycles. The van der Waals surface area contributed by atoms with Crippen LogP contribution in [0.5, 0.6) is 0 Å². The van der Waals surface area contributed by atoms with Crippen LogP contribution in [0, 0.1) is 0 Å². The van der Waals surface area contributed by atoms with Crippen LogP contribution in [0.3, 0.4) is 0 Å². The molecule has 2 heterocycles. The molecule has 3 aromatic rings. The van der Waals surface area contributed by atoms with E-state index in [0.717, 1.165) is 21.4 Å². The smallest absolute Gasteiger partial charge is 0.358 e. The van der Waals surface area contributed by atoms with Crippen molar-refractivity contribution < 1.29 is 9.53 Å². The summed E-state index contributed by atoms with van der Waals surface area (Å²) in [5.41, 5.74) is 2.44. The van der Waals surface area contributed by atoms with Gasteiger partial charge in [-0.05, 0) is 36.1 Å². The van der Waals surface area contributed by atoms with Crippen LogP contribution in [0.15, 0.2) is 59.8 Å². The molecule has 0 saturated heterocycles. The lowest BCUT2D eigenvalue weighted by Crippen LogP contribution is -2.11. The van der Waals surface area contributed by atoms with Crippen molar-refractivity contribution in [2.24, 2.45) is 0 Å². The summed E-state index contributed by atoms with van der Waals surface area (Å²) in [5, 5.41) is 1.09. The zero-order chi connectivity index (χ0) is 16.1. The highest BCUT2D eigenvalue weighted by atomic mass is 32.2. The predicted octanol–water partition coefficient (Wildman–Crippen LogP) is 3.75. The lowest BCUT2D eigenvalue weighted by molar-refractivity contribution is 0.0498. The van der Waals surface area contributed by atoms with Gasteiger partial charge in [0.25, 0.3) is 0 Å². The van der Waals surface area contributed by atoms with Crippen molar-refractivity contribution in [3.63, 3.8) is 0 Å². The molecule has 116 valence electrons. The Balaban J connectivity index is 1.68. The Bertz CT molecular complexity index is 831. The van der Waals surface area contributed by atoms with Crippen molar-refractivity contribution in [2.75, 3.05) is 12.9 Å². The van der Waals surface area contributed by atoms with Gasteiger partial charge in [0.2, 0.25) is 0 Å². The molecule has 1 aromatic carbocycles. The summed E-state index contributed by atoms with van der Waals surface area (Å²) in [7, 11) is 0. The molecule has 0 aliphatic heterocycles. The lowest BCUT2D eigenvalue weighted by atomic mass is 10.1. The number of hydrogen-bond donors (Lipinski definition) is 0. The van der Waals surface area contributed by atoms with Crippen molar-refractivity contribution in [1.82, 2.24) is 9.97 Å². The number of carbonyl (C=O) groups is 1. The molecule has 0 radical (unpaired) electrons. The van der Waals surface area contributed by atoms with Crippen molar-refractivity contribution in [1.29, 1.82) is 0 Å². The van der Waals surface area contributed by atoms with Crippen LogP contribution >= 0.6 is 11.8 Å². The molecule has 0 aliphatic rings.